The van der Waals surface area contributed by atoms with Crippen molar-refractivity contribution >= 4 is 6.09 Å². The Hall–Kier alpha value is -1.87. The molecule has 1 amide bonds. The van der Waals surface area contributed by atoms with E-state index in [-0.39, 0.29) is 31.7 Å². The first-order valence-corrected chi connectivity index (χ1v) is 8.74. The van der Waals surface area contributed by atoms with Crippen LogP contribution in [0.4, 0.5) is 18.0 Å². The number of carbonyl (C=O) groups excluding carboxylic acids is 1. The fourth-order valence-electron chi connectivity index (χ4n) is 3.64. The minimum atomic E-state index is -4.49. The lowest BCUT2D eigenvalue weighted by Crippen LogP contribution is -2.63. The highest BCUT2D eigenvalue weighted by Crippen LogP contribution is 2.41. The molecule has 27 heavy (non-hydrogen) atoms. The van der Waals surface area contributed by atoms with E-state index in [9.17, 15) is 23.1 Å². The summed E-state index contributed by atoms with van der Waals surface area (Å²) in [6.07, 6.45) is -4.02. The zero-order valence-electron chi connectivity index (χ0n) is 15.4. The molecule has 0 spiro atoms. The largest absolute Gasteiger partial charge is 0.444 e. The summed E-state index contributed by atoms with van der Waals surface area (Å²) in [4.78, 5) is 18.0. The number of aromatic nitrogens is 1. The molecule has 2 fully saturated rings. The number of nitrogens with zero attached hydrogens (tertiary/aromatic N) is 2. The molecule has 1 N–H and O–H groups in total. The predicted molar refractivity (Wildman–Crippen MR) is 88.8 cm³/mol. The summed E-state index contributed by atoms with van der Waals surface area (Å²) >= 11 is 0. The molecule has 2 atom stereocenters. The van der Waals surface area contributed by atoms with E-state index in [0.29, 0.717) is 0 Å². The van der Waals surface area contributed by atoms with Crippen LogP contribution in [-0.4, -0.2) is 52.0 Å². The Labute approximate surface area is 155 Å². The van der Waals surface area contributed by atoms with E-state index < -0.39 is 41.1 Å². The maximum absolute atomic E-state index is 12.7. The SMILES string of the molecule is CC(C)(C)OC(=O)N1C2COCC1CC(O)(c1ccc(C(F)(F)F)cn1)C2. The Morgan fingerprint density at radius 1 is 1.26 bits per heavy atom. The Kier molecular flexibility index (Phi) is 4.88. The van der Waals surface area contributed by atoms with Gasteiger partial charge in [-0.3, -0.25) is 9.88 Å². The maximum Gasteiger partial charge on any atom is 0.417 e. The number of ether oxygens (including phenoxy) is 2. The highest BCUT2D eigenvalue weighted by atomic mass is 19.4. The second-order valence-corrected chi connectivity index (χ2v) is 8.10. The van der Waals surface area contributed by atoms with Crippen LogP contribution in [0.5, 0.6) is 0 Å². The standard InChI is InChI=1S/C18H23F3N2O4/c1-16(2,3)27-15(24)23-12-6-17(25,7-13(23)10-26-9-12)14-5-4-11(8-22-14)18(19,20)21/h4-5,8,12-13,25H,6-7,9-10H2,1-3H3. The van der Waals surface area contributed by atoms with Gasteiger partial charge in [0.25, 0.3) is 0 Å². The van der Waals surface area contributed by atoms with Crippen LogP contribution >= 0.6 is 0 Å². The van der Waals surface area contributed by atoms with Crippen molar-refractivity contribution in [3.05, 3.63) is 29.6 Å². The van der Waals surface area contributed by atoms with Gasteiger partial charge in [0.15, 0.2) is 0 Å². The smallest absolute Gasteiger partial charge is 0.417 e. The van der Waals surface area contributed by atoms with Crippen molar-refractivity contribution in [1.29, 1.82) is 0 Å². The Bertz CT molecular complexity index is 686. The zero-order chi connectivity index (χ0) is 20.0. The van der Waals surface area contributed by atoms with E-state index in [2.05, 4.69) is 4.98 Å². The average Bonchev–Trinajstić information content (AvgIpc) is 2.51. The fraction of sp³-hybridized carbons (Fsp3) is 0.667. The number of aliphatic hydroxyl groups is 1. The summed E-state index contributed by atoms with van der Waals surface area (Å²) < 4.78 is 49.2. The number of alkyl halides is 3. The molecule has 0 saturated carbocycles. The van der Waals surface area contributed by atoms with Gasteiger partial charge in [0.1, 0.15) is 11.2 Å². The number of hydrogen-bond acceptors (Lipinski definition) is 5. The first kappa shape index (κ1) is 19.9. The lowest BCUT2D eigenvalue weighted by molar-refractivity contribution is -0.144. The molecule has 2 saturated heterocycles. The highest BCUT2D eigenvalue weighted by Gasteiger charge is 2.50. The third kappa shape index (κ3) is 4.19. The van der Waals surface area contributed by atoms with Crippen LogP contribution in [0, 0.1) is 0 Å². The van der Waals surface area contributed by atoms with Crippen molar-refractivity contribution in [2.45, 2.75) is 63.1 Å². The van der Waals surface area contributed by atoms with Crippen LogP contribution in [0.1, 0.15) is 44.9 Å². The number of carbonyl (C=O) groups is 1. The van der Waals surface area contributed by atoms with Crippen LogP contribution in [-0.2, 0) is 21.3 Å². The molecular formula is C18H23F3N2O4. The molecule has 0 radical (unpaired) electrons. The van der Waals surface area contributed by atoms with Gasteiger partial charge in [-0.25, -0.2) is 4.79 Å². The molecule has 0 aromatic carbocycles. The molecule has 0 aliphatic carbocycles. The summed E-state index contributed by atoms with van der Waals surface area (Å²) in [5.74, 6) is 0. The van der Waals surface area contributed by atoms with Crippen molar-refractivity contribution in [3.8, 4) is 0 Å². The van der Waals surface area contributed by atoms with Crippen molar-refractivity contribution in [3.63, 3.8) is 0 Å². The monoisotopic (exact) mass is 388 g/mol. The number of piperidine rings is 1. The molecule has 2 bridgehead atoms. The first-order valence-electron chi connectivity index (χ1n) is 8.74. The normalized spacial score (nSPS) is 28.8. The third-order valence-corrected chi connectivity index (χ3v) is 4.73. The summed E-state index contributed by atoms with van der Waals surface area (Å²) in [5.41, 5.74) is -2.79. The number of halogens is 3. The molecule has 2 aliphatic heterocycles. The van der Waals surface area contributed by atoms with Gasteiger partial charge in [-0.1, -0.05) is 0 Å². The molecule has 1 aromatic heterocycles. The molecule has 2 aliphatic rings. The Morgan fingerprint density at radius 2 is 1.85 bits per heavy atom. The quantitative estimate of drug-likeness (QED) is 0.801. The van der Waals surface area contributed by atoms with E-state index >= 15 is 0 Å². The minimum absolute atomic E-state index is 0.112. The van der Waals surface area contributed by atoms with Gasteiger partial charge in [-0.05, 0) is 32.9 Å². The Balaban J connectivity index is 1.82. The van der Waals surface area contributed by atoms with E-state index in [0.717, 1.165) is 12.3 Å². The van der Waals surface area contributed by atoms with Crippen molar-refractivity contribution in [2.75, 3.05) is 13.2 Å². The molecule has 150 valence electrons. The van der Waals surface area contributed by atoms with Gasteiger partial charge in [-0.15, -0.1) is 0 Å². The van der Waals surface area contributed by atoms with Gasteiger partial charge in [0.2, 0.25) is 0 Å². The van der Waals surface area contributed by atoms with Crippen LogP contribution in [0.2, 0.25) is 0 Å². The van der Waals surface area contributed by atoms with Gasteiger partial charge in [-0.2, -0.15) is 13.2 Å². The number of amides is 1. The lowest BCUT2D eigenvalue weighted by atomic mass is 9.79. The zero-order valence-corrected chi connectivity index (χ0v) is 15.4. The molecule has 3 heterocycles. The summed E-state index contributed by atoms with van der Waals surface area (Å²) in [7, 11) is 0. The van der Waals surface area contributed by atoms with Gasteiger partial charge >= 0.3 is 12.3 Å². The molecule has 9 heteroatoms. The van der Waals surface area contributed by atoms with Crippen molar-refractivity contribution in [1.82, 2.24) is 9.88 Å². The van der Waals surface area contributed by atoms with Crippen molar-refractivity contribution in [2.24, 2.45) is 0 Å². The summed E-state index contributed by atoms with van der Waals surface area (Å²) in [6, 6.07) is 1.22. The number of fused-ring (bicyclic) bond motifs is 2. The van der Waals surface area contributed by atoms with E-state index in [1.807, 2.05) is 0 Å². The van der Waals surface area contributed by atoms with Crippen LogP contribution in [0.3, 0.4) is 0 Å². The Morgan fingerprint density at radius 3 is 2.30 bits per heavy atom. The van der Waals surface area contributed by atoms with Crippen molar-refractivity contribution < 1.29 is 32.5 Å². The van der Waals surface area contributed by atoms with Gasteiger partial charge < -0.3 is 14.6 Å². The molecule has 3 rings (SSSR count). The molecule has 1 aromatic rings. The summed E-state index contributed by atoms with van der Waals surface area (Å²) in [5, 5.41) is 11.1. The highest BCUT2D eigenvalue weighted by molar-refractivity contribution is 5.69. The first-order chi connectivity index (χ1) is 12.4. The number of morpholine rings is 1. The van der Waals surface area contributed by atoms with E-state index in [4.69, 9.17) is 9.47 Å². The second-order valence-electron chi connectivity index (χ2n) is 8.10. The van der Waals surface area contributed by atoms with Crippen LogP contribution < -0.4 is 0 Å². The molecule has 2 unspecified atom stereocenters. The second kappa shape index (κ2) is 6.63. The number of hydrogen-bond donors (Lipinski definition) is 1. The van der Waals surface area contributed by atoms with Crippen LogP contribution in [0.15, 0.2) is 18.3 Å². The maximum atomic E-state index is 12.7. The lowest BCUT2D eigenvalue weighted by Gasteiger charge is -2.51. The van der Waals surface area contributed by atoms with Crippen LogP contribution in [0.25, 0.3) is 0 Å². The number of pyridine rings is 1. The predicted octanol–water partition coefficient (Wildman–Crippen LogP) is 3.09. The third-order valence-electron chi connectivity index (χ3n) is 4.73. The average molecular weight is 388 g/mol. The molecular weight excluding hydrogens is 365 g/mol. The summed E-state index contributed by atoms with van der Waals surface area (Å²) in [6.45, 7) is 5.74. The minimum Gasteiger partial charge on any atom is -0.444 e. The fourth-order valence-corrected chi connectivity index (χ4v) is 3.64. The van der Waals surface area contributed by atoms with E-state index in [1.165, 1.54) is 6.07 Å². The van der Waals surface area contributed by atoms with Gasteiger partial charge in [0, 0.05) is 19.0 Å². The van der Waals surface area contributed by atoms with E-state index in [1.54, 1.807) is 25.7 Å². The van der Waals surface area contributed by atoms with Gasteiger partial charge in [0.05, 0.1) is 36.6 Å². The number of rotatable bonds is 1. The molecule has 6 nitrogen and oxygen atoms in total. The topological polar surface area (TPSA) is 71.9 Å².